The average molecular weight is 363 g/mol. The Kier molecular flexibility index (Phi) is 4.91. The molecule has 2 amide bonds. The molecule has 1 unspecified atom stereocenters. The summed E-state index contributed by atoms with van der Waals surface area (Å²) in [6.07, 6.45) is 5.66. The number of rotatable bonds is 6. The summed E-state index contributed by atoms with van der Waals surface area (Å²) in [5.41, 5.74) is 0.896. The quantitative estimate of drug-likeness (QED) is 0.577. The van der Waals surface area contributed by atoms with E-state index in [1.807, 2.05) is 18.2 Å². The molecule has 0 saturated carbocycles. The van der Waals surface area contributed by atoms with E-state index in [1.165, 1.54) is 28.4 Å². The second-order valence-electron chi connectivity index (χ2n) is 4.96. The molecule has 2 aliphatic rings. The standard InChI is InChI=1S/C15H13N3O4S2/c19-8-17-11-13(20)18-12(15(21)22)10(7-24-14(11)18)23-5-3-9-2-1-4-16-6-9/h1-6,8,11,14H,7H2,(H,17,19)(H,21,22)/b5-3-/t11?,14-/m0/s1. The number of carbonyl (C=O) groups is 3. The first-order valence-corrected chi connectivity index (χ1v) is 8.90. The zero-order valence-electron chi connectivity index (χ0n) is 12.3. The smallest absolute Gasteiger partial charge is 0.353 e. The Morgan fingerprint density at radius 1 is 1.54 bits per heavy atom. The number of carbonyl (C=O) groups excluding carboxylic acids is 2. The van der Waals surface area contributed by atoms with Crippen molar-refractivity contribution < 1.29 is 19.5 Å². The van der Waals surface area contributed by atoms with E-state index in [4.69, 9.17) is 0 Å². The molecule has 3 rings (SSSR count). The zero-order chi connectivity index (χ0) is 17.1. The van der Waals surface area contributed by atoms with Gasteiger partial charge < -0.3 is 10.4 Å². The normalized spacial score (nSPS) is 23.0. The topological polar surface area (TPSA) is 99.6 Å². The molecule has 7 nitrogen and oxygen atoms in total. The number of pyridine rings is 1. The van der Waals surface area contributed by atoms with Crippen LogP contribution in [0.1, 0.15) is 5.56 Å². The van der Waals surface area contributed by atoms with Crippen LogP contribution >= 0.6 is 23.5 Å². The molecule has 2 aliphatic heterocycles. The molecule has 2 N–H and O–H groups in total. The zero-order valence-corrected chi connectivity index (χ0v) is 13.9. The van der Waals surface area contributed by atoms with Crippen molar-refractivity contribution in [3.8, 4) is 0 Å². The predicted octanol–water partition coefficient (Wildman–Crippen LogP) is 1.11. The second kappa shape index (κ2) is 7.10. The number of fused-ring (bicyclic) bond motifs is 1. The fourth-order valence-electron chi connectivity index (χ4n) is 2.44. The van der Waals surface area contributed by atoms with Crippen LogP contribution in [0.3, 0.4) is 0 Å². The SMILES string of the molecule is O=CNC1C(=O)N2C(C(=O)O)=C(S/C=C\c3cccnc3)CS[C@@H]12. The molecule has 3 heterocycles. The number of aromatic nitrogens is 1. The first-order chi connectivity index (χ1) is 11.6. The molecule has 1 aromatic heterocycles. The molecule has 0 radical (unpaired) electrons. The van der Waals surface area contributed by atoms with Gasteiger partial charge in [-0.15, -0.1) is 11.8 Å². The molecule has 124 valence electrons. The molecule has 0 aromatic carbocycles. The summed E-state index contributed by atoms with van der Waals surface area (Å²) in [5.74, 6) is -1.07. The number of hydrogen-bond donors (Lipinski definition) is 2. The van der Waals surface area contributed by atoms with E-state index in [0.29, 0.717) is 17.1 Å². The van der Waals surface area contributed by atoms with E-state index in [-0.39, 0.29) is 11.1 Å². The third-order valence-electron chi connectivity index (χ3n) is 3.54. The lowest BCUT2D eigenvalue weighted by molar-refractivity contribution is -0.149. The first-order valence-electron chi connectivity index (χ1n) is 6.97. The lowest BCUT2D eigenvalue weighted by atomic mass is 10.1. The van der Waals surface area contributed by atoms with Crippen molar-refractivity contribution in [1.29, 1.82) is 0 Å². The maximum atomic E-state index is 12.1. The van der Waals surface area contributed by atoms with Gasteiger partial charge in [-0.2, -0.15) is 0 Å². The number of thioether (sulfide) groups is 2. The van der Waals surface area contributed by atoms with Crippen LogP contribution in [0.15, 0.2) is 40.5 Å². The molecule has 1 aromatic rings. The predicted molar refractivity (Wildman–Crippen MR) is 91.6 cm³/mol. The fourth-order valence-corrected chi connectivity index (χ4v) is 4.81. The molecule has 9 heteroatoms. The van der Waals surface area contributed by atoms with Gasteiger partial charge in [0.15, 0.2) is 0 Å². The van der Waals surface area contributed by atoms with E-state index >= 15 is 0 Å². The van der Waals surface area contributed by atoms with Gasteiger partial charge >= 0.3 is 5.97 Å². The number of β-lactam (4-membered cyclic amide) rings is 1. The van der Waals surface area contributed by atoms with Crippen LogP contribution in [0.4, 0.5) is 0 Å². The van der Waals surface area contributed by atoms with Gasteiger partial charge in [-0.3, -0.25) is 19.5 Å². The Bertz CT molecular complexity index is 735. The summed E-state index contributed by atoms with van der Waals surface area (Å²) in [7, 11) is 0. The number of carboxylic acid groups (broad SMARTS) is 1. The Labute approximate surface area is 146 Å². The van der Waals surface area contributed by atoms with Gasteiger partial charge in [0.05, 0.1) is 0 Å². The molecular formula is C15H13N3O4S2. The van der Waals surface area contributed by atoms with Gasteiger partial charge in [0.25, 0.3) is 5.91 Å². The van der Waals surface area contributed by atoms with Crippen LogP contribution in [-0.4, -0.2) is 50.4 Å². The van der Waals surface area contributed by atoms with Gasteiger partial charge in [0.1, 0.15) is 17.1 Å². The molecule has 24 heavy (non-hydrogen) atoms. The second-order valence-corrected chi connectivity index (χ2v) is 7.06. The molecule has 1 saturated heterocycles. The minimum absolute atomic E-state index is 0.00599. The van der Waals surface area contributed by atoms with Crippen molar-refractivity contribution in [3.05, 3.63) is 46.1 Å². The first kappa shape index (κ1) is 16.6. The number of hydrogen-bond acceptors (Lipinski definition) is 6. The maximum Gasteiger partial charge on any atom is 0.353 e. The van der Waals surface area contributed by atoms with Crippen molar-refractivity contribution in [3.63, 3.8) is 0 Å². The van der Waals surface area contributed by atoms with E-state index in [0.717, 1.165) is 5.56 Å². The van der Waals surface area contributed by atoms with Gasteiger partial charge in [-0.25, -0.2) is 4.79 Å². The highest BCUT2D eigenvalue weighted by molar-refractivity contribution is 8.08. The summed E-state index contributed by atoms with van der Waals surface area (Å²) >= 11 is 2.71. The van der Waals surface area contributed by atoms with Crippen LogP contribution in [-0.2, 0) is 14.4 Å². The fraction of sp³-hybridized carbons (Fsp3) is 0.200. The Hall–Kier alpha value is -2.26. The van der Waals surface area contributed by atoms with Crippen molar-refractivity contribution in [2.75, 3.05) is 5.75 Å². The van der Waals surface area contributed by atoms with Crippen LogP contribution in [0, 0.1) is 0 Å². The monoisotopic (exact) mass is 363 g/mol. The highest BCUT2D eigenvalue weighted by Crippen LogP contribution is 2.43. The summed E-state index contributed by atoms with van der Waals surface area (Å²) in [4.78, 5) is 40.1. The molecule has 0 spiro atoms. The maximum absolute atomic E-state index is 12.1. The number of amides is 2. The Morgan fingerprint density at radius 3 is 3.04 bits per heavy atom. The van der Waals surface area contributed by atoms with Crippen molar-refractivity contribution in [2.24, 2.45) is 0 Å². The molecular weight excluding hydrogens is 350 g/mol. The minimum Gasteiger partial charge on any atom is -0.477 e. The minimum atomic E-state index is -1.14. The van der Waals surface area contributed by atoms with E-state index in [9.17, 15) is 19.5 Å². The third-order valence-corrected chi connectivity index (χ3v) is 5.90. The van der Waals surface area contributed by atoms with Gasteiger partial charge in [-0.05, 0) is 23.1 Å². The summed E-state index contributed by atoms with van der Waals surface area (Å²) in [6.45, 7) is 0. The molecule has 0 aliphatic carbocycles. The number of carboxylic acids is 1. The van der Waals surface area contributed by atoms with Gasteiger partial charge in [0, 0.05) is 23.1 Å². The van der Waals surface area contributed by atoms with Gasteiger partial charge in [-0.1, -0.05) is 17.8 Å². The van der Waals surface area contributed by atoms with Crippen molar-refractivity contribution >= 4 is 47.9 Å². The average Bonchev–Trinajstić information content (AvgIpc) is 2.59. The van der Waals surface area contributed by atoms with Crippen LogP contribution in [0.5, 0.6) is 0 Å². The molecule has 1 fully saturated rings. The van der Waals surface area contributed by atoms with Crippen molar-refractivity contribution in [1.82, 2.24) is 15.2 Å². The van der Waals surface area contributed by atoms with Crippen LogP contribution < -0.4 is 5.32 Å². The van der Waals surface area contributed by atoms with E-state index < -0.39 is 17.9 Å². The van der Waals surface area contributed by atoms with E-state index in [2.05, 4.69) is 10.3 Å². The lowest BCUT2D eigenvalue weighted by Gasteiger charge is -2.48. The molecule has 2 atom stereocenters. The Morgan fingerprint density at radius 2 is 2.38 bits per heavy atom. The van der Waals surface area contributed by atoms with Gasteiger partial charge in [0.2, 0.25) is 6.41 Å². The summed E-state index contributed by atoms with van der Waals surface area (Å²) in [6, 6.07) is 3.04. The number of nitrogens with one attached hydrogen (secondary N) is 1. The summed E-state index contributed by atoms with van der Waals surface area (Å²) in [5, 5.41) is 13.3. The highest BCUT2D eigenvalue weighted by Gasteiger charge is 2.53. The van der Waals surface area contributed by atoms with Crippen molar-refractivity contribution in [2.45, 2.75) is 11.4 Å². The number of nitrogens with zero attached hydrogens (tertiary/aromatic N) is 2. The highest BCUT2D eigenvalue weighted by atomic mass is 32.2. The summed E-state index contributed by atoms with van der Waals surface area (Å²) < 4.78 is 0. The largest absolute Gasteiger partial charge is 0.477 e. The van der Waals surface area contributed by atoms with Crippen LogP contribution in [0.2, 0.25) is 0 Å². The lowest BCUT2D eigenvalue weighted by Crippen LogP contribution is -2.69. The number of aliphatic carboxylic acids is 1. The van der Waals surface area contributed by atoms with E-state index in [1.54, 1.807) is 17.8 Å². The Balaban J connectivity index is 1.78. The van der Waals surface area contributed by atoms with Crippen LogP contribution in [0.25, 0.3) is 6.08 Å². The third kappa shape index (κ3) is 3.04. The molecule has 0 bridgehead atoms.